The summed E-state index contributed by atoms with van der Waals surface area (Å²) in [6.07, 6.45) is 4.38. The number of carbonyl (C=O) groups excluding carboxylic acids is 2. The number of aromatic amines is 1. The zero-order chi connectivity index (χ0) is 28.9. The van der Waals surface area contributed by atoms with Gasteiger partial charge in [-0.05, 0) is 63.1 Å². The molecule has 10 nitrogen and oxygen atoms in total. The van der Waals surface area contributed by atoms with Crippen molar-refractivity contribution in [2.75, 3.05) is 26.7 Å². The van der Waals surface area contributed by atoms with E-state index in [-0.39, 0.29) is 24.4 Å². The van der Waals surface area contributed by atoms with Crippen LogP contribution >= 0.6 is 0 Å². The van der Waals surface area contributed by atoms with E-state index in [1.165, 1.54) is 13.2 Å². The van der Waals surface area contributed by atoms with Crippen molar-refractivity contribution in [2.24, 2.45) is 0 Å². The number of ether oxygens (including phenoxy) is 1. The summed E-state index contributed by atoms with van der Waals surface area (Å²) in [5.74, 6) is -0.176. The normalized spacial score (nSPS) is 17.4. The molecular weight excluding hydrogens is 525 g/mol. The van der Waals surface area contributed by atoms with Crippen LogP contribution in [0.4, 0.5) is 4.39 Å². The predicted octanol–water partition coefficient (Wildman–Crippen LogP) is 3.80. The van der Waals surface area contributed by atoms with Gasteiger partial charge in [-0.2, -0.15) is 15.3 Å². The molecule has 2 aromatic heterocycles. The third-order valence-electron chi connectivity index (χ3n) is 7.72. The zero-order valence-electron chi connectivity index (χ0n) is 23.4. The van der Waals surface area contributed by atoms with Crippen LogP contribution in [0.25, 0.3) is 22.2 Å². The molecule has 0 spiro atoms. The summed E-state index contributed by atoms with van der Waals surface area (Å²) in [6.45, 7) is 5.66. The number of halogens is 1. The first-order valence-electron chi connectivity index (χ1n) is 13.8. The molecule has 1 aliphatic rings. The summed E-state index contributed by atoms with van der Waals surface area (Å²) < 4.78 is 20.3. The van der Waals surface area contributed by atoms with Crippen LogP contribution in [-0.2, 0) is 11.3 Å². The van der Waals surface area contributed by atoms with Crippen molar-refractivity contribution in [3.8, 4) is 17.0 Å². The van der Waals surface area contributed by atoms with Gasteiger partial charge < -0.3 is 15.0 Å². The van der Waals surface area contributed by atoms with Crippen LogP contribution < -0.4 is 10.1 Å². The molecule has 1 fully saturated rings. The fraction of sp³-hybridized carbons (Fsp3) is 0.367. The highest BCUT2D eigenvalue weighted by Gasteiger charge is 2.36. The number of likely N-dealkylation sites (tertiary alicyclic amines) is 1. The topological polar surface area (TPSA) is 116 Å². The Hall–Kier alpha value is -4.38. The van der Waals surface area contributed by atoms with Crippen molar-refractivity contribution in [1.82, 2.24) is 35.5 Å². The van der Waals surface area contributed by atoms with Crippen molar-refractivity contribution in [2.45, 2.75) is 45.3 Å². The molecule has 0 aliphatic carbocycles. The molecule has 1 saturated heterocycles. The zero-order valence-corrected chi connectivity index (χ0v) is 23.4. The summed E-state index contributed by atoms with van der Waals surface area (Å²) in [5, 5.41) is 19.1. The first kappa shape index (κ1) is 28.2. The van der Waals surface area contributed by atoms with E-state index in [2.05, 4.69) is 25.7 Å². The lowest BCUT2D eigenvalue weighted by atomic mass is 9.95. The van der Waals surface area contributed by atoms with E-state index >= 15 is 0 Å². The lowest BCUT2D eigenvalue weighted by Gasteiger charge is -2.41. The van der Waals surface area contributed by atoms with E-state index in [0.717, 1.165) is 16.5 Å². The van der Waals surface area contributed by atoms with Gasteiger partial charge in [-0.25, -0.2) is 4.39 Å². The highest BCUT2D eigenvalue weighted by molar-refractivity contribution is 6.01. The maximum absolute atomic E-state index is 14.9. The molecule has 2 atom stereocenters. The number of hydrogen-bond donors (Lipinski definition) is 2. The van der Waals surface area contributed by atoms with E-state index in [4.69, 9.17) is 4.74 Å². The molecule has 4 aromatic rings. The third-order valence-corrected chi connectivity index (χ3v) is 7.72. The number of nitrogens with one attached hydrogen (secondary N) is 2. The smallest absolute Gasteiger partial charge is 0.251 e. The number of likely N-dealkylation sites (N-methyl/N-ethyl adjacent to an activating group) is 1. The first-order valence-corrected chi connectivity index (χ1v) is 13.8. The van der Waals surface area contributed by atoms with E-state index in [1.807, 2.05) is 30.9 Å². The van der Waals surface area contributed by atoms with Crippen molar-refractivity contribution < 1.29 is 18.7 Å². The molecule has 214 valence electrons. The minimum atomic E-state index is -0.425. The molecule has 2 N–H and O–H groups in total. The number of amides is 2. The van der Waals surface area contributed by atoms with Crippen LogP contribution in [0.1, 0.15) is 42.6 Å². The standard InChI is InChI=1S/C30H34FN7O3/c1-4-37(5-2)30(40)26-12-10-21(17-38(26)18-23-24(31)7-6-8-27(23)41-3)34-29(39)19-9-11-25-22(15-19)28(36-35-25)20-13-14-32-33-16-20/h6-9,11,13-16,21,26H,4-5,10,12,17-18H2,1-3H3,(H,34,39)(H,35,36)/t21-,26?/m1/s1. The maximum atomic E-state index is 14.9. The molecular formula is C30H34FN7O3. The highest BCUT2D eigenvalue weighted by atomic mass is 19.1. The second-order valence-corrected chi connectivity index (χ2v) is 10.1. The predicted molar refractivity (Wildman–Crippen MR) is 153 cm³/mol. The number of piperidine rings is 1. The van der Waals surface area contributed by atoms with Gasteiger partial charge in [0, 0.05) is 54.3 Å². The molecule has 0 radical (unpaired) electrons. The number of rotatable bonds is 9. The van der Waals surface area contributed by atoms with Crippen LogP contribution in [0, 0.1) is 5.82 Å². The van der Waals surface area contributed by atoms with Crippen molar-refractivity contribution in [1.29, 1.82) is 0 Å². The van der Waals surface area contributed by atoms with Gasteiger partial charge in [-0.3, -0.25) is 19.6 Å². The van der Waals surface area contributed by atoms with Crippen molar-refractivity contribution >= 4 is 22.7 Å². The monoisotopic (exact) mass is 559 g/mol. The number of H-pyrrole nitrogens is 1. The summed E-state index contributed by atoms with van der Waals surface area (Å²) in [5.41, 5.74) is 3.16. The van der Waals surface area contributed by atoms with Gasteiger partial charge in [0.25, 0.3) is 5.91 Å². The number of aromatic nitrogens is 4. The average Bonchev–Trinajstić information content (AvgIpc) is 3.43. The van der Waals surface area contributed by atoms with Gasteiger partial charge >= 0.3 is 0 Å². The van der Waals surface area contributed by atoms with Crippen molar-refractivity contribution in [3.63, 3.8) is 0 Å². The maximum Gasteiger partial charge on any atom is 0.251 e. The molecule has 2 amide bonds. The Labute approximate surface area is 237 Å². The SMILES string of the molecule is CCN(CC)C(=O)C1CC[C@@H](NC(=O)c2ccc3[nH]nc(-c4ccnnc4)c3c2)CN1Cc1c(F)cccc1OC. The van der Waals surface area contributed by atoms with Crippen LogP contribution in [-0.4, -0.2) is 80.8 Å². The molecule has 11 heteroatoms. The minimum absolute atomic E-state index is 0.0126. The lowest BCUT2D eigenvalue weighted by molar-refractivity contribution is -0.138. The Bertz CT molecular complexity index is 1520. The van der Waals surface area contributed by atoms with E-state index in [1.54, 1.807) is 41.6 Å². The largest absolute Gasteiger partial charge is 0.496 e. The third kappa shape index (κ3) is 5.90. The summed E-state index contributed by atoms with van der Waals surface area (Å²) in [6, 6.07) is 11.2. The molecule has 41 heavy (non-hydrogen) atoms. The Morgan fingerprint density at radius 1 is 1.15 bits per heavy atom. The lowest BCUT2D eigenvalue weighted by Crippen LogP contribution is -2.56. The summed E-state index contributed by atoms with van der Waals surface area (Å²) in [7, 11) is 1.50. The fourth-order valence-electron chi connectivity index (χ4n) is 5.52. The van der Waals surface area contributed by atoms with Gasteiger partial charge in [0.05, 0.1) is 31.1 Å². The van der Waals surface area contributed by atoms with Gasteiger partial charge in [0.15, 0.2) is 0 Å². The van der Waals surface area contributed by atoms with E-state index < -0.39 is 11.9 Å². The Balaban J connectivity index is 1.37. The number of benzene rings is 2. The fourth-order valence-corrected chi connectivity index (χ4v) is 5.52. The molecule has 0 saturated carbocycles. The average molecular weight is 560 g/mol. The summed E-state index contributed by atoms with van der Waals surface area (Å²) in [4.78, 5) is 30.6. The van der Waals surface area contributed by atoms with Gasteiger partial charge in [0.1, 0.15) is 17.3 Å². The summed E-state index contributed by atoms with van der Waals surface area (Å²) >= 11 is 0. The van der Waals surface area contributed by atoms with Gasteiger partial charge in [0.2, 0.25) is 5.91 Å². The van der Waals surface area contributed by atoms with E-state index in [9.17, 15) is 14.0 Å². The number of hydrogen-bond acceptors (Lipinski definition) is 7. The molecule has 0 bridgehead atoms. The second-order valence-electron chi connectivity index (χ2n) is 10.1. The number of nitrogens with zero attached hydrogens (tertiary/aromatic N) is 5. The Kier molecular flexibility index (Phi) is 8.53. The molecule has 2 aromatic carbocycles. The number of carbonyl (C=O) groups is 2. The van der Waals surface area contributed by atoms with E-state index in [0.29, 0.717) is 55.0 Å². The molecule has 1 aliphatic heterocycles. The van der Waals surface area contributed by atoms with Crippen molar-refractivity contribution in [3.05, 3.63) is 71.8 Å². The first-order chi connectivity index (χ1) is 19.9. The highest BCUT2D eigenvalue weighted by Crippen LogP contribution is 2.29. The van der Waals surface area contributed by atoms with Gasteiger partial charge in [-0.1, -0.05) is 6.07 Å². The number of methoxy groups -OCH3 is 1. The quantitative estimate of drug-likeness (QED) is 0.320. The Morgan fingerprint density at radius 3 is 2.71 bits per heavy atom. The van der Waals surface area contributed by atoms with Gasteiger partial charge in [-0.15, -0.1) is 0 Å². The van der Waals surface area contributed by atoms with Crippen LogP contribution in [0.15, 0.2) is 54.9 Å². The van der Waals surface area contributed by atoms with Crippen LogP contribution in [0.5, 0.6) is 5.75 Å². The number of fused-ring (bicyclic) bond motifs is 1. The molecule has 3 heterocycles. The molecule has 5 rings (SSSR count). The van der Waals surface area contributed by atoms with Crippen LogP contribution in [0.3, 0.4) is 0 Å². The molecule has 1 unspecified atom stereocenters. The Morgan fingerprint density at radius 2 is 1.98 bits per heavy atom. The minimum Gasteiger partial charge on any atom is -0.496 e. The van der Waals surface area contributed by atoms with Crippen LogP contribution in [0.2, 0.25) is 0 Å². The second kappa shape index (κ2) is 12.4.